The lowest BCUT2D eigenvalue weighted by atomic mass is 10.0. The number of nitrogens with one attached hydrogen (secondary N) is 1. The molecule has 2 aromatic rings. The molecular weight excluding hydrogens is 476 g/mol. The van der Waals surface area contributed by atoms with E-state index in [1.54, 1.807) is 12.2 Å². The standard InChI is InChI=1S/C24H22Br2N2/c1-2-3-5-13-21(22(25)14-6-4-9-17-27)19-11-10-12-20(18-19)28-24-16-8-7-15-23(24)26/h2-18,28H,1,27H2/b5-3-,6-4-,17-9+,21-13+,22-14+. The number of halogens is 2. The zero-order valence-electron chi connectivity index (χ0n) is 15.4. The Bertz CT molecular complexity index is 951. The van der Waals surface area contributed by atoms with Gasteiger partial charge < -0.3 is 11.1 Å². The first kappa shape index (κ1) is 21.7. The predicted octanol–water partition coefficient (Wildman–Crippen LogP) is 7.63. The Morgan fingerprint density at radius 3 is 2.46 bits per heavy atom. The molecule has 0 aliphatic carbocycles. The van der Waals surface area contributed by atoms with Crippen molar-refractivity contribution in [2.24, 2.45) is 5.73 Å². The summed E-state index contributed by atoms with van der Waals surface area (Å²) >= 11 is 7.26. The second kappa shape index (κ2) is 12.0. The Balaban J connectivity index is 2.37. The predicted molar refractivity (Wildman–Crippen MR) is 131 cm³/mol. The summed E-state index contributed by atoms with van der Waals surface area (Å²) in [5.74, 6) is 0. The lowest BCUT2D eigenvalue weighted by molar-refractivity contribution is 1.51. The van der Waals surface area contributed by atoms with Crippen molar-refractivity contribution in [2.45, 2.75) is 0 Å². The van der Waals surface area contributed by atoms with Crippen LogP contribution in [0.3, 0.4) is 0 Å². The van der Waals surface area contributed by atoms with Crippen molar-refractivity contribution in [1.29, 1.82) is 0 Å². The lowest BCUT2D eigenvalue weighted by Crippen LogP contribution is -1.93. The first-order chi connectivity index (χ1) is 13.7. The highest BCUT2D eigenvalue weighted by atomic mass is 79.9. The molecule has 28 heavy (non-hydrogen) atoms. The van der Waals surface area contributed by atoms with Gasteiger partial charge in [-0.3, -0.25) is 0 Å². The summed E-state index contributed by atoms with van der Waals surface area (Å²) in [5.41, 5.74) is 9.52. The van der Waals surface area contributed by atoms with Gasteiger partial charge in [-0.2, -0.15) is 0 Å². The number of allylic oxidation sites excluding steroid dienone is 10. The van der Waals surface area contributed by atoms with E-state index in [4.69, 9.17) is 5.73 Å². The van der Waals surface area contributed by atoms with Gasteiger partial charge in [-0.05, 0) is 69.7 Å². The number of hydrogen-bond acceptors (Lipinski definition) is 2. The topological polar surface area (TPSA) is 38.0 Å². The molecule has 0 saturated carbocycles. The maximum Gasteiger partial charge on any atom is 0.0528 e. The zero-order chi connectivity index (χ0) is 20.2. The van der Waals surface area contributed by atoms with Gasteiger partial charge >= 0.3 is 0 Å². The van der Waals surface area contributed by atoms with Gasteiger partial charge in [0.25, 0.3) is 0 Å². The maximum atomic E-state index is 5.36. The second-order valence-electron chi connectivity index (χ2n) is 5.67. The highest BCUT2D eigenvalue weighted by Gasteiger charge is 2.06. The normalized spacial score (nSPS) is 12.9. The van der Waals surface area contributed by atoms with Gasteiger partial charge in [-0.15, -0.1) is 0 Å². The van der Waals surface area contributed by atoms with E-state index >= 15 is 0 Å². The Labute approximate surface area is 183 Å². The van der Waals surface area contributed by atoms with Crippen LogP contribution in [0.25, 0.3) is 5.57 Å². The summed E-state index contributed by atoms with van der Waals surface area (Å²) in [4.78, 5) is 0. The van der Waals surface area contributed by atoms with Crippen LogP contribution in [-0.2, 0) is 0 Å². The second-order valence-corrected chi connectivity index (χ2v) is 7.38. The molecule has 0 unspecified atom stereocenters. The number of anilines is 2. The molecule has 0 aliphatic heterocycles. The van der Waals surface area contributed by atoms with Gasteiger partial charge in [0.1, 0.15) is 0 Å². The van der Waals surface area contributed by atoms with Crippen LogP contribution < -0.4 is 11.1 Å². The molecule has 0 amide bonds. The summed E-state index contributed by atoms with van der Waals surface area (Å²) in [6.07, 6.45) is 16.7. The third-order valence-corrected chi connectivity index (χ3v) is 5.05. The van der Waals surface area contributed by atoms with Crippen molar-refractivity contribution in [3.8, 4) is 0 Å². The van der Waals surface area contributed by atoms with Crippen molar-refractivity contribution >= 4 is 48.8 Å². The third kappa shape index (κ3) is 6.87. The minimum Gasteiger partial charge on any atom is -0.405 e. The van der Waals surface area contributed by atoms with Crippen LogP contribution in [0.15, 0.2) is 119 Å². The van der Waals surface area contributed by atoms with Crippen molar-refractivity contribution in [3.63, 3.8) is 0 Å². The Kier molecular flexibility index (Phi) is 9.32. The molecule has 0 heterocycles. The Morgan fingerprint density at radius 2 is 1.71 bits per heavy atom. The molecule has 0 aromatic heterocycles. The van der Waals surface area contributed by atoms with E-state index in [2.05, 4.69) is 55.9 Å². The van der Waals surface area contributed by atoms with E-state index in [9.17, 15) is 0 Å². The van der Waals surface area contributed by atoms with Gasteiger partial charge in [0.2, 0.25) is 0 Å². The smallest absolute Gasteiger partial charge is 0.0528 e. The fourth-order valence-electron chi connectivity index (χ4n) is 2.38. The molecular formula is C24H22Br2N2. The average Bonchev–Trinajstić information content (AvgIpc) is 2.70. The van der Waals surface area contributed by atoms with Gasteiger partial charge in [-0.25, -0.2) is 0 Å². The Hall–Kier alpha value is -2.56. The van der Waals surface area contributed by atoms with Crippen LogP contribution in [0.4, 0.5) is 11.4 Å². The summed E-state index contributed by atoms with van der Waals surface area (Å²) < 4.78 is 1.98. The number of para-hydroxylation sites is 1. The van der Waals surface area contributed by atoms with Gasteiger partial charge in [0.15, 0.2) is 0 Å². The molecule has 2 aromatic carbocycles. The van der Waals surface area contributed by atoms with Crippen molar-refractivity contribution in [2.75, 3.05) is 5.32 Å². The van der Waals surface area contributed by atoms with Gasteiger partial charge in [0, 0.05) is 14.6 Å². The highest BCUT2D eigenvalue weighted by Crippen LogP contribution is 2.31. The number of nitrogens with two attached hydrogens (primary N) is 1. The molecule has 0 radical (unpaired) electrons. The van der Waals surface area contributed by atoms with E-state index in [0.717, 1.165) is 31.5 Å². The Morgan fingerprint density at radius 1 is 0.929 bits per heavy atom. The van der Waals surface area contributed by atoms with Crippen LogP contribution in [0.1, 0.15) is 5.56 Å². The summed E-state index contributed by atoms with van der Waals surface area (Å²) in [6, 6.07) is 16.3. The third-order valence-electron chi connectivity index (χ3n) is 3.67. The maximum absolute atomic E-state index is 5.36. The van der Waals surface area contributed by atoms with Crippen LogP contribution in [-0.4, -0.2) is 0 Å². The molecule has 0 saturated heterocycles. The molecule has 0 fully saturated rings. The van der Waals surface area contributed by atoms with Crippen LogP contribution in [0, 0.1) is 0 Å². The van der Waals surface area contributed by atoms with Gasteiger partial charge in [0.05, 0.1) is 5.69 Å². The first-order valence-corrected chi connectivity index (χ1v) is 10.3. The summed E-state index contributed by atoms with van der Waals surface area (Å²) in [7, 11) is 0. The molecule has 0 spiro atoms. The summed E-state index contributed by atoms with van der Waals surface area (Å²) in [6.45, 7) is 3.73. The minimum absolute atomic E-state index is 0.959. The quantitative estimate of drug-likeness (QED) is 0.368. The molecule has 0 bridgehead atoms. The fraction of sp³-hybridized carbons (Fsp3) is 0. The number of hydrogen-bond donors (Lipinski definition) is 2. The van der Waals surface area contributed by atoms with Crippen molar-refractivity contribution in [1.82, 2.24) is 0 Å². The monoisotopic (exact) mass is 496 g/mol. The van der Waals surface area contributed by atoms with Crippen molar-refractivity contribution in [3.05, 3.63) is 124 Å². The van der Waals surface area contributed by atoms with E-state index in [0.29, 0.717) is 0 Å². The van der Waals surface area contributed by atoms with E-state index in [1.807, 2.05) is 72.9 Å². The minimum atomic E-state index is 0.959. The fourth-order valence-corrected chi connectivity index (χ4v) is 3.28. The van der Waals surface area contributed by atoms with E-state index in [1.165, 1.54) is 6.20 Å². The van der Waals surface area contributed by atoms with Crippen LogP contribution >= 0.6 is 31.9 Å². The van der Waals surface area contributed by atoms with Crippen LogP contribution in [0.2, 0.25) is 0 Å². The number of rotatable bonds is 8. The zero-order valence-corrected chi connectivity index (χ0v) is 18.5. The molecule has 3 N–H and O–H groups in total. The van der Waals surface area contributed by atoms with E-state index < -0.39 is 0 Å². The molecule has 0 atom stereocenters. The number of benzene rings is 2. The van der Waals surface area contributed by atoms with Gasteiger partial charge in [-0.1, -0.05) is 83.2 Å². The molecule has 2 rings (SSSR count). The molecule has 0 aliphatic rings. The summed E-state index contributed by atoms with van der Waals surface area (Å²) in [5, 5.41) is 3.45. The lowest BCUT2D eigenvalue weighted by Gasteiger charge is -2.12. The molecule has 4 heteroatoms. The molecule has 142 valence electrons. The molecule has 2 nitrogen and oxygen atoms in total. The highest BCUT2D eigenvalue weighted by molar-refractivity contribution is 9.12. The van der Waals surface area contributed by atoms with E-state index in [-0.39, 0.29) is 0 Å². The average molecular weight is 498 g/mol. The van der Waals surface area contributed by atoms with Crippen LogP contribution in [0.5, 0.6) is 0 Å². The SMILES string of the molecule is C=C\C=C/C=C(/C(Br)=C\C=C/C=C/N)c1cccc(Nc2ccccc2Br)c1. The van der Waals surface area contributed by atoms with Crippen molar-refractivity contribution < 1.29 is 0 Å². The first-order valence-electron chi connectivity index (χ1n) is 8.68. The largest absolute Gasteiger partial charge is 0.405 e.